The van der Waals surface area contributed by atoms with E-state index in [0.29, 0.717) is 0 Å². The van der Waals surface area contributed by atoms with Gasteiger partial charge in [0.25, 0.3) is 0 Å². The van der Waals surface area contributed by atoms with E-state index in [1.54, 1.807) is 0 Å². The average Bonchev–Trinajstić information content (AvgIpc) is 2.84. The molecule has 1 aromatic carbocycles. The van der Waals surface area contributed by atoms with Gasteiger partial charge in [-0.1, -0.05) is 45.2 Å². The van der Waals surface area contributed by atoms with Crippen molar-refractivity contribution in [3.05, 3.63) is 77.2 Å². The largest absolute Gasteiger partial charge is 0.372 e. The van der Waals surface area contributed by atoms with Crippen LogP contribution in [0.1, 0.15) is 55.9 Å². The fourth-order valence-electron chi connectivity index (χ4n) is 5.10. The van der Waals surface area contributed by atoms with Gasteiger partial charge in [-0.25, -0.2) is 0 Å². The van der Waals surface area contributed by atoms with Crippen LogP contribution in [0.3, 0.4) is 0 Å². The maximum Gasteiger partial charge on any atom is 0.0370 e. The van der Waals surface area contributed by atoms with Crippen molar-refractivity contribution in [2.24, 2.45) is 0 Å². The second-order valence-electron chi connectivity index (χ2n) is 9.83. The average molecular weight is 463 g/mol. The summed E-state index contributed by atoms with van der Waals surface area (Å²) in [5.74, 6) is 0. The van der Waals surface area contributed by atoms with Crippen LogP contribution in [0.15, 0.2) is 54.9 Å². The third-order valence-corrected chi connectivity index (χ3v) is 7.37. The highest BCUT2D eigenvalue weighted by molar-refractivity contribution is 5.66. The molecule has 3 rings (SSSR count). The van der Waals surface area contributed by atoms with Gasteiger partial charge in [-0.15, -0.1) is 0 Å². The van der Waals surface area contributed by atoms with Crippen molar-refractivity contribution in [3.63, 3.8) is 0 Å². The summed E-state index contributed by atoms with van der Waals surface area (Å²) in [5.41, 5.74) is 9.20. The first-order valence-corrected chi connectivity index (χ1v) is 13.1. The summed E-state index contributed by atoms with van der Waals surface area (Å²) < 4.78 is 0. The van der Waals surface area contributed by atoms with E-state index in [1.165, 1.54) is 33.6 Å². The van der Waals surface area contributed by atoms with E-state index in [2.05, 4.69) is 97.7 Å². The molecule has 1 aromatic rings. The predicted molar refractivity (Wildman–Crippen MR) is 148 cm³/mol. The highest BCUT2D eigenvalue weighted by atomic mass is 15.3. The van der Waals surface area contributed by atoms with Crippen LogP contribution in [-0.2, 0) is 6.54 Å². The summed E-state index contributed by atoms with van der Waals surface area (Å²) in [6.07, 6.45) is 8.85. The van der Waals surface area contributed by atoms with Crippen LogP contribution >= 0.6 is 0 Å². The maximum absolute atomic E-state index is 4.54. The maximum atomic E-state index is 4.54. The zero-order valence-electron chi connectivity index (χ0n) is 22.4. The van der Waals surface area contributed by atoms with E-state index in [4.69, 9.17) is 0 Å². The minimum atomic E-state index is 1.01. The first-order valence-electron chi connectivity index (χ1n) is 13.1. The molecule has 2 saturated heterocycles. The zero-order valence-corrected chi connectivity index (χ0v) is 22.4. The minimum absolute atomic E-state index is 1.01. The van der Waals surface area contributed by atoms with E-state index >= 15 is 0 Å². The number of piperazine rings is 2. The van der Waals surface area contributed by atoms with Crippen molar-refractivity contribution in [1.82, 2.24) is 19.6 Å². The van der Waals surface area contributed by atoms with Gasteiger partial charge in [0.1, 0.15) is 0 Å². The molecule has 0 spiro atoms. The van der Waals surface area contributed by atoms with Gasteiger partial charge in [-0.05, 0) is 62.4 Å². The molecular weight excluding hydrogens is 416 g/mol. The van der Waals surface area contributed by atoms with Gasteiger partial charge in [0.05, 0.1) is 0 Å². The Kier molecular flexibility index (Phi) is 9.46. The Bertz CT molecular complexity index is 910. The van der Waals surface area contributed by atoms with E-state index in [9.17, 15) is 0 Å². The SMILES string of the molecule is C=C(/C=C\CC)N1CCN(Cc2cc(C(=C)N3CCN(/C(C)=C/CC)CC3)c(C)cc2C)CC1. The minimum Gasteiger partial charge on any atom is -0.372 e. The van der Waals surface area contributed by atoms with Crippen molar-refractivity contribution in [3.8, 4) is 0 Å². The molecule has 2 heterocycles. The Morgan fingerprint density at radius 1 is 0.824 bits per heavy atom. The molecule has 4 nitrogen and oxygen atoms in total. The van der Waals surface area contributed by atoms with Crippen molar-refractivity contribution in [2.75, 3.05) is 52.4 Å². The molecule has 0 N–H and O–H groups in total. The monoisotopic (exact) mass is 462 g/mol. The molecule has 2 fully saturated rings. The molecule has 34 heavy (non-hydrogen) atoms. The van der Waals surface area contributed by atoms with Crippen LogP contribution in [0.5, 0.6) is 0 Å². The smallest absolute Gasteiger partial charge is 0.0370 e. The normalized spacial score (nSPS) is 18.1. The van der Waals surface area contributed by atoms with Crippen LogP contribution in [0.4, 0.5) is 0 Å². The third kappa shape index (κ3) is 6.56. The number of rotatable bonds is 9. The number of aryl methyl sites for hydroxylation is 2. The quantitative estimate of drug-likeness (QED) is 0.430. The van der Waals surface area contributed by atoms with Crippen LogP contribution in [0, 0.1) is 13.8 Å². The van der Waals surface area contributed by atoms with E-state index < -0.39 is 0 Å². The van der Waals surface area contributed by atoms with Crippen LogP contribution in [0.2, 0.25) is 0 Å². The van der Waals surface area contributed by atoms with E-state index in [1.807, 2.05) is 0 Å². The molecule has 2 aliphatic heterocycles. The summed E-state index contributed by atoms with van der Waals surface area (Å²) in [5, 5.41) is 0. The van der Waals surface area contributed by atoms with Gasteiger partial charge in [0.2, 0.25) is 0 Å². The summed E-state index contributed by atoms with van der Waals surface area (Å²) in [4.78, 5) is 9.98. The lowest BCUT2D eigenvalue weighted by molar-refractivity contribution is 0.156. The summed E-state index contributed by atoms with van der Waals surface area (Å²) in [7, 11) is 0. The fourth-order valence-corrected chi connectivity index (χ4v) is 5.10. The van der Waals surface area contributed by atoms with Crippen molar-refractivity contribution in [1.29, 1.82) is 0 Å². The summed E-state index contributed by atoms with van der Waals surface area (Å²) in [6, 6.07) is 4.77. The predicted octanol–water partition coefficient (Wildman–Crippen LogP) is 5.80. The van der Waals surface area contributed by atoms with Crippen molar-refractivity contribution >= 4 is 5.70 Å². The molecule has 0 atom stereocenters. The molecule has 186 valence electrons. The van der Waals surface area contributed by atoms with Gasteiger partial charge in [-0.2, -0.15) is 0 Å². The molecule has 0 bridgehead atoms. The summed E-state index contributed by atoms with van der Waals surface area (Å²) >= 11 is 0. The molecule has 0 amide bonds. The first-order chi connectivity index (χ1) is 16.3. The number of nitrogens with zero attached hydrogens (tertiary/aromatic N) is 4. The van der Waals surface area contributed by atoms with E-state index in [-0.39, 0.29) is 0 Å². The summed E-state index contributed by atoms with van der Waals surface area (Å²) in [6.45, 7) is 29.4. The van der Waals surface area contributed by atoms with Crippen LogP contribution < -0.4 is 0 Å². The van der Waals surface area contributed by atoms with Gasteiger partial charge in [-0.3, -0.25) is 4.90 Å². The van der Waals surface area contributed by atoms with Crippen LogP contribution in [0.25, 0.3) is 5.70 Å². The molecule has 0 aromatic heterocycles. The molecule has 0 saturated carbocycles. The van der Waals surface area contributed by atoms with Crippen molar-refractivity contribution in [2.45, 2.75) is 54.0 Å². The van der Waals surface area contributed by atoms with Gasteiger partial charge >= 0.3 is 0 Å². The lowest BCUT2D eigenvalue weighted by atomic mass is 9.97. The Hall–Kier alpha value is -2.46. The third-order valence-electron chi connectivity index (χ3n) is 7.37. The van der Waals surface area contributed by atoms with Crippen molar-refractivity contribution < 1.29 is 0 Å². The Morgan fingerprint density at radius 3 is 2.06 bits per heavy atom. The number of benzene rings is 1. The standard InChI is InChI=1S/C30H46N4/c1-8-10-12-27(6)32-15-13-31(14-16-32)23-29-22-30(25(4)21-24(29)3)28(7)34-19-17-33(18-20-34)26(5)11-9-2/h10-12,21-22H,6-9,13-20,23H2,1-5H3/b12-10-,26-11+. The molecule has 0 unspecified atom stereocenters. The molecular formula is C30H46N4. The molecule has 4 heteroatoms. The first kappa shape index (κ1) is 26.2. The number of allylic oxidation sites excluding steroid dienone is 4. The lowest BCUT2D eigenvalue weighted by Crippen LogP contribution is -2.45. The van der Waals surface area contributed by atoms with Crippen LogP contribution in [-0.4, -0.2) is 72.0 Å². The zero-order chi connectivity index (χ0) is 24.7. The fraction of sp³-hybridized carbons (Fsp3) is 0.533. The molecule has 2 aliphatic rings. The molecule has 0 radical (unpaired) electrons. The second-order valence-corrected chi connectivity index (χ2v) is 9.83. The number of hydrogen-bond acceptors (Lipinski definition) is 4. The molecule has 0 aliphatic carbocycles. The van der Waals surface area contributed by atoms with E-state index in [0.717, 1.165) is 77.4 Å². The Labute approximate surface area is 208 Å². The second kappa shape index (κ2) is 12.3. The van der Waals surface area contributed by atoms with Gasteiger partial charge in [0.15, 0.2) is 0 Å². The lowest BCUT2D eigenvalue weighted by Gasteiger charge is -2.39. The van der Waals surface area contributed by atoms with Gasteiger partial charge in [0, 0.05) is 81.6 Å². The van der Waals surface area contributed by atoms with Gasteiger partial charge < -0.3 is 14.7 Å². The number of hydrogen-bond donors (Lipinski definition) is 0. The topological polar surface area (TPSA) is 13.0 Å². The highest BCUT2D eigenvalue weighted by Gasteiger charge is 2.22. The highest BCUT2D eigenvalue weighted by Crippen LogP contribution is 2.27. The Balaban J connectivity index is 1.62. The Morgan fingerprint density at radius 2 is 1.44 bits per heavy atom.